The van der Waals surface area contributed by atoms with Crippen molar-refractivity contribution in [3.63, 3.8) is 0 Å². The molecule has 0 aromatic carbocycles. The third-order valence-corrected chi connectivity index (χ3v) is 3.57. The van der Waals surface area contributed by atoms with Crippen molar-refractivity contribution in [1.82, 2.24) is 5.32 Å². The average Bonchev–Trinajstić information content (AvgIpc) is 2.25. The van der Waals surface area contributed by atoms with E-state index in [0.29, 0.717) is 6.61 Å². The van der Waals surface area contributed by atoms with Crippen LogP contribution in [-0.4, -0.2) is 30.3 Å². The molecule has 1 fully saturated rings. The minimum atomic E-state index is 0.188. The average molecular weight is 214 g/mol. The summed E-state index contributed by atoms with van der Waals surface area (Å²) in [7, 11) is 0. The van der Waals surface area contributed by atoms with E-state index in [2.05, 4.69) is 12.2 Å². The minimum absolute atomic E-state index is 0.188. The summed E-state index contributed by atoms with van der Waals surface area (Å²) < 4.78 is 0. The number of rotatable bonds is 6. The predicted octanol–water partition coefficient (Wildman–Crippen LogP) is 1.26. The molecule has 1 aliphatic carbocycles. The molecule has 2 atom stereocenters. The molecule has 0 radical (unpaired) electrons. The van der Waals surface area contributed by atoms with Crippen molar-refractivity contribution in [1.29, 1.82) is 0 Å². The van der Waals surface area contributed by atoms with Crippen LogP contribution in [0.5, 0.6) is 0 Å². The first kappa shape index (κ1) is 12.9. The summed E-state index contributed by atoms with van der Waals surface area (Å²) in [6, 6.07) is 0. The van der Waals surface area contributed by atoms with E-state index in [0.717, 1.165) is 31.8 Å². The molecule has 1 aliphatic rings. The number of hydrogen-bond donors (Lipinski definition) is 3. The summed E-state index contributed by atoms with van der Waals surface area (Å²) >= 11 is 0. The number of unbranched alkanes of at least 4 members (excludes halogenated alkanes) is 1. The first-order valence-corrected chi connectivity index (χ1v) is 6.28. The molecule has 0 aromatic rings. The highest BCUT2D eigenvalue weighted by molar-refractivity contribution is 4.93. The van der Waals surface area contributed by atoms with Crippen molar-refractivity contribution in [2.45, 2.75) is 51.0 Å². The largest absolute Gasteiger partial charge is 0.396 e. The molecule has 90 valence electrons. The third kappa shape index (κ3) is 4.09. The van der Waals surface area contributed by atoms with Gasteiger partial charge in [0.05, 0.1) is 0 Å². The van der Waals surface area contributed by atoms with Gasteiger partial charge in [-0.25, -0.2) is 0 Å². The maximum atomic E-state index is 8.71. The molecule has 2 unspecified atom stereocenters. The zero-order valence-corrected chi connectivity index (χ0v) is 9.97. The standard InChI is InChI=1S/C12H26N2O/c1-11-5-4-6-12(9-11,10-13)14-7-2-3-8-15/h11,14-15H,2-10,13H2,1H3. The lowest BCUT2D eigenvalue weighted by molar-refractivity contribution is 0.190. The molecule has 15 heavy (non-hydrogen) atoms. The number of aliphatic hydroxyl groups is 1. The van der Waals surface area contributed by atoms with E-state index >= 15 is 0 Å². The van der Waals surface area contributed by atoms with Gasteiger partial charge in [-0.15, -0.1) is 0 Å². The summed E-state index contributed by atoms with van der Waals surface area (Å²) in [5.41, 5.74) is 6.09. The van der Waals surface area contributed by atoms with Gasteiger partial charge < -0.3 is 16.2 Å². The van der Waals surface area contributed by atoms with E-state index in [1.165, 1.54) is 25.7 Å². The van der Waals surface area contributed by atoms with Crippen LogP contribution in [-0.2, 0) is 0 Å². The second-order valence-electron chi connectivity index (χ2n) is 5.04. The molecule has 4 N–H and O–H groups in total. The predicted molar refractivity (Wildman–Crippen MR) is 63.7 cm³/mol. The summed E-state index contributed by atoms with van der Waals surface area (Å²) in [5.74, 6) is 0.799. The minimum Gasteiger partial charge on any atom is -0.396 e. The Labute approximate surface area is 93.4 Å². The lowest BCUT2D eigenvalue weighted by atomic mass is 9.76. The summed E-state index contributed by atoms with van der Waals surface area (Å²) in [5, 5.41) is 12.3. The van der Waals surface area contributed by atoms with Crippen molar-refractivity contribution in [2.24, 2.45) is 11.7 Å². The topological polar surface area (TPSA) is 58.3 Å². The molecule has 0 bridgehead atoms. The van der Waals surface area contributed by atoms with Gasteiger partial charge in [0.1, 0.15) is 0 Å². The Morgan fingerprint density at radius 3 is 2.87 bits per heavy atom. The zero-order chi connectivity index (χ0) is 11.1. The number of aliphatic hydroxyl groups excluding tert-OH is 1. The fourth-order valence-corrected chi connectivity index (χ4v) is 2.67. The van der Waals surface area contributed by atoms with Crippen molar-refractivity contribution >= 4 is 0 Å². The van der Waals surface area contributed by atoms with E-state index in [1.54, 1.807) is 0 Å². The SMILES string of the molecule is CC1CCCC(CN)(NCCCCO)C1. The first-order chi connectivity index (χ1) is 7.22. The van der Waals surface area contributed by atoms with Crippen molar-refractivity contribution < 1.29 is 5.11 Å². The number of nitrogens with one attached hydrogen (secondary N) is 1. The molecule has 0 heterocycles. The highest BCUT2D eigenvalue weighted by Gasteiger charge is 2.32. The van der Waals surface area contributed by atoms with Gasteiger partial charge in [0.15, 0.2) is 0 Å². The van der Waals surface area contributed by atoms with Crippen LogP contribution in [0.15, 0.2) is 0 Å². The first-order valence-electron chi connectivity index (χ1n) is 6.28. The molecule has 1 rings (SSSR count). The van der Waals surface area contributed by atoms with E-state index in [-0.39, 0.29) is 5.54 Å². The van der Waals surface area contributed by atoms with Crippen LogP contribution in [0.2, 0.25) is 0 Å². The fraction of sp³-hybridized carbons (Fsp3) is 1.00. The Morgan fingerprint density at radius 2 is 2.27 bits per heavy atom. The number of nitrogens with two attached hydrogens (primary N) is 1. The van der Waals surface area contributed by atoms with Crippen LogP contribution in [0, 0.1) is 5.92 Å². The lowest BCUT2D eigenvalue weighted by Crippen LogP contribution is -2.54. The molecule has 1 saturated carbocycles. The van der Waals surface area contributed by atoms with E-state index in [1.807, 2.05) is 0 Å². The Kier molecular flexibility index (Phi) is 5.58. The molecular formula is C12H26N2O. The normalized spacial score (nSPS) is 31.8. The molecule has 0 amide bonds. The Bertz CT molecular complexity index is 175. The smallest absolute Gasteiger partial charge is 0.0431 e. The van der Waals surface area contributed by atoms with E-state index in [9.17, 15) is 0 Å². The second-order valence-corrected chi connectivity index (χ2v) is 5.04. The van der Waals surface area contributed by atoms with Gasteiger partial charge in [-0.2, -0.15) is 0 Å². The van der Waals surface area contributed by atoms with Gasteiger partial charge in [0, 0.05) is 18.7 Å². The third-order valence-electron chi connectivity index (χ3n) is 3.57. The van der Waals surface area contributed by atoms with Crippen LogP contribution in [0.25, 0.3) is 0 Å². The summed E-state index contributed by atoms with van der Waals surface area (Å²) in [6.07, 6.45) is 7.01. The maximum absolute atomic E-state index is 8.71. The highest BCUT2D eigenvalue weighted by atomic mass is 16.2. The quantitative estimate of drug-likeness (QED) is 0.583. The van der Waals surface area contributed by atoms with Crippen molar-refractivity contribution in [3.05, 3.63) is 0 Å². The van der Waals surface area contributed by atoms with Crippen molar-refractivity contribution in [3.8, 4) is 0 Å². The lowest BCUT2D eigenvalue weighted by Gasteiger charge is -2.40. The molecule has 3 nitrogen and oxygen atoms in total. The van der Waals surface area contributed by atoms with Gasteiger partial charge in [-0.1, -0.05) is 19.8 Å². The van der Waals surface area contributed by atoms with Crippen LogP contribution < -0.4 is 11.1 Å². The van der Waals surface area contributed by atoms with Gasteiger partial charge in [0.2, 0.25) is 0 Å². The maximum Gasteiger partial charge on any atom is 0.0431 e. The highest BCUT2D eigenvalue weighted by Crippen LogP contribution is 2.31. The monoisotopic (exact) mass is 214 g/mol. The molecule has 0 saturated heterocycles. The fourth-order valence-electron chi connectivity index (χ4n) is 2.67. The Morgan fingerprint density at radius 1 is 1.47 bits per heavy atom. The van der Waals surface area contributed by atoms with E-state index < -0.39 is 0 Å². The molecule has 0 aliphatic heterocycles. The van der Waals surface area contributed by atoms with E-state index in [4.69, 9.17) is 10.8 Å². The second kappa shape index (κ2) is 6.46. The van der Waals surface area contributed by atoms with Crippen LogP contribution in [0.1, 0.15) is 45.4 Å². The molecule has 0 aromatic heterocycles. The molecule has 3 heteroatoms. The van der Waals surface area contributed by atoms with Gasteiger partial charge >= 0.3 is 0 Å². The van der Waals surface area contributed by atoms with Gasteiger partial charge in [-0.05, 0) is 38.1 Å². The van der Waals surface area contributed by atoms with Crippen LogP contribution >= 0.6 is 0 Å². The van der Waals surface area contributed by atoms with Crippen LogP contribution in [0.3, 0.4) is 0 Å². The molecular weight excluding hydrogens is 188 g/mol. The summed E-state index contributed by atoms with van der Waals surface area (Å²) in [6.45, 7) is 4.35. The Balaban J connectivity index is 2.31. The van der Waals surface area contributed by atoms with Gasteiger partial charge in [0.25, 0.3) is 0 Å². The number of hydrogen-bond acceptors (Lipinski definition) is 3. The zero-order valence-electron chi connectivity index (χ0n) is 9.97. The molecule has 0 spiro atoms. The Hall–Kier alpha value is -0.120. The van der Waals surface area contributed by atoms with Crippen molar-refractivity contribution in [2.75, 3.05) is 19.7 Å². The van der Waals surface area contributed by atoms with Gasteiger partial charge in [-0.3, -0.25) is 0 Å². The summed E-state index contributed by atoms with van der Waals surface area (Å²) in [4.78, 5) is 0. The van der Waals surface area contributed by atoms with Crippen LogP contribution in [0.4, 0.5) is 0 Å².